The highest BCUT2D eigenvalue weighted by atomic mass is 35.5. The molecule has 0 aliphatic heterocycles. The van der Waals surface area contributed by atoms with Gasteiger partial charge < -0.3 is 9.64 Å². The molecule has 1 amide bonds. The van der Waals surface area contributed by atoms with Crippen molar-refractivity contribution >= 4 is 17.5 Å². The van der Waals surface area contributed by atoms with E-state index in [1.807, 2.05) is 52.1 Å². The molecule has 5 nitrogen and oxygen atoms in total. The molecule has 0 fully saturated rings. The summed E-state index contributed by atoms with van der Waals surface area (Å²) in [5, 5.41) is 4.96. The fourth-order valence-corrected chi connectivity index (χ4v) is 2.51. The van der Waals surface area contributed by atoms with E-state index in [0.29, 0.717) is 10.8 Å². The number of amides is 1. The zero-order chi connectivity index (χ0) is 17.1. The molecule has 0 saturated heterocycles. The lowest BCUT2D eigenvalue weighted by Gasteiger charge is -2.25. The zero-order valence-electron chi connectivity index (χ0n) is 14.1. The highest BCUT2D eigenvalue weighted by molar-refractivity contribution is 6.30. The Labute approximate surface area is 141 Å². The molecule has 2 aromatic rings. The number of halogens is 1. The number of benzene rings is 1. The molecule has 1 atom stereocenters. The molecule has 0 aliphatic rings. The first kappa shape index (κ1) is 17.3. The maximum absolute atomic E-state index is 12.4. The van der Waals surface area contributed by atoms with Gasteiger partial charge in [-0.1, -0.05) is 23.7 Å². The average Bonchev–Trinajstić information content (AvgIpc) is 2.77. The van der Waals surface area contributed by atoms with E-state index >= 15 is 0 Å². The minimum atomic E-state index is -0.0879. The molecule has 2 rings (SSSR count). The second-order valence-electron chi connectivity index (χ2n) is 5.64. The maximum atomic E-state index is 12.4. The number of rotatable bonds is 5. The molecule has 0 bridgehead atoms. The summed E-state index contributed by atoms with van der Waals surface area (Å²) in [5.41, 5.74) is 2.72. The molecule has 0 spiro atoms. The predicted octanol–water partition coefficient (Wildman–Crippen LogP) is 3.29. The third-order valence-electron chi connectivity index (χ3n) is 4.11. The molecular weight excluding hydrogens is 314 g/mol. The molecule has 6 heteroatoms. The number of nitrogens with zero attached hydrogens (tertiary/aromatic N) is 3. The van der Waals surface area contributed by atoms with Crippen molar-refractivity contribution in [3.63, 3.8) is 0 Å². The van der Waals surface area contributed by atoms with Gasteiger partial charge in [-0.3, -0.25) is 9.48 Å². The van der Waals surface area contributed by atoms with Gasteiger partial charge in [0.05, 0.1) is 11.7 Å². The number of ether oxygens (including phenoxy) is 1. The Morgan fingerprint density at radius 2 is 1.96 bits per heavy atom. The van der Waals surface area contributed by atoms with Crippen molar-refractivity contribution in [1.82, 2.24) is 14.7 Å². The fourth-order valence-electron chi connectivity index (χ4n) is 2.38. The van der Waals surface area contributed by atoms with E-state index in [1.165, 1.54) is 0 Å². The Morgan fingerprint density at radius 3 is 2.48 bits per heavy atom. The third kappa shape index (κ3) is 3.85. The Balaban J connectivity index is 2.01. The van der Waals surface area contributed by atoms with Gasteiger partial charge in [0.15, 0.2) is 12.4 Å². The van der Waals surface area contributed by atoms with Crippen molar-refractivity contribution in [3.05, 3.63) is 46.2 Å². The largest absolute Gasteiger partial charge is 0.480 e. The summed E-state index contributed by atoms with van der Waals surface area (Å²) in [6, 6.07) is 7.44. The quantitative estimate of drug-likeness (QED) is 0.842. The first-order valence-electron chi connectivity index (χ1n) is 7.45. The Hall–Kier alpha value is -2.01. The van der Waals surface area contributed by atoms with Crippen molar-refractivity contribution in [3.8, 4) is 5.75 Å². The van der Waals surface area contributed by atoms with Gasteiger partial charge in [-0.2, -0.15) is 5.10 Å². The molecule has 0 aliphatic carbocycles. The predicted molar refractivity (Wildman–Crippen MR) is 90.8 cm³/mol. The molecule has 1 aromatic heterocycles. The molecule has 0 radical (unpaired) electrons. The molecule has 0 N–H and O–H groups in total. The molecule has 23 heavy (non-hydrogen) atoms. The van der Waals surface area contributed by atoms with Crippen LogP contribution in [0.25, 0.3) is 0 Å². The third-order valence-corrected chi connectivity index (χ3v) is 4.36. The summed E-state index contributed by atoms with van der Waals surface area (Å²) >= 11 is 5.90. The number of carbonyl (C=O) groups is 1. The summed E-state index contributed by atoms with van der Waals surface area (Å²) in [6.45, 7) is 5.75. The van der Waals surface area contributed by atoms with E-state index in [-0.39, 0.29) is 18.6 Å². The molecular formula is C17H22ClN3O2. The van der Waals surface area contributed by atoms with Crippen LogP contribution < -0.4 is 4.74 Å². The molecule has 124 valence electrons. The van der Waals surface area contributed by atoms with Gasteiger partial charge in [-0.05, 0) is 38.5 Å². The monoisotopic (exact) mass is 335 g/mol. The lowest BCUT2D eigenvalue weighted by atomic mass is 10.1. The topological polar surface area (TPSA) is 47.4 Å². The van der Waals surface area contributed by atoms with Crippen molar-refractivity contribution < 1.29 is 9.53 Å². The Kier molecular flexibility index (Phi) is 5.31. The zero-order valence-corrected chi connectivity index (χ0v) is 14.9. The number of aryl methyl sites for hydroxylation is 2. The van der Waals surface area contributed by atoms with Crippen LogP contribution in [0.3, 0.4) is 0 Å². The first-order chi connectivity index (χ1) is 10.8. The van der Waals surface area contributed by atoms with Crippen LogP contribution in [0.5, 0.6) is 5.75 Å². The van der Waals surface area contributed by atoms with Crippen LogP contribution in [0.2, 0.25) is 5.02 Å². The summed E-state index contributed by atoms with van der Waals surface area (Å²) < 4.78 is 7.43. The minimum absolute atomic E-state index is 0.0121. The van der Waals surface area contributed by atoms with E-state index in [0.717, 1.165) is 17.0 Å². The van der Waals surface area contributed by atoms with Gasteiger partial charge >= 0.3 is 0 Å². The van der Waals surface area contributed by atoms with Crippen molar-refractivity contribution in [2.45, 2.75) is 26.8 Å². The fraction of sp³-hybridized carbons (Fsp3) is 0.412. The number of likely N-dealkylation sites (N-methyl/N-ethyl adjacent to an activating group) is 1. The summed E-state index contributed by atoms with van der Waals surface area (Å²) in [4.78, 5) is 14.0. The lowest BCUT2D eigenvalue weighted by molar-refractivity contribution is -0.134. The van der Waals surface area contributed by atoms with Crippen LogP contribution >= 0.6 is 11.6 Å². The van der Waals surface area contributed by atoms with E-state index in [1.54, 1.807) is 16.6 Å². The molecule has 1 aromatic carbocycles. The second-order valence-corrected chi connectivity index (χ2v) is 6.08. The van der Waals surface area contributed by atoms with Gasteiger partial charge in [0, 0.05) is 19.1 Å². The standard InChI is InChI=1S/C17H22ClN3O2/c1-11-17(13(3)21(5)19-11)23-10-16(22)20(4)12(2)14-6-8-15(18)9-7-14/h6-9,12H,10H2,1-5H3/t12-/m0/s1. The minimum Gasteiger partial charge on any atom is -0.480 e. The van der Waals surface area contributed by atoms with Crippen LogP contribution in [-0.2, 0) is 11.8 Å². The SMILES string of the molecule is Cc1nn(C)c(C)c1OCC(=O)N(C)[C@@H](C)c1ccc(Cl)cc1. The highest BCUT2D eigenvalue weighted by Gasteiger charge is 2.19. The van der Waals surface area contributed by atoms with Crippen molar-refractivity contribution in [1.29, 1.82) is 0 Å². The lowest BCUT2D eigenvalue weighted by Crippen LogP contribution is -2.33. The van der Waals surface area contributed by atoms with E-state index in [9.17, 15) is 4.79 Å². The first-order valence-corrected chi connectivity index (χ1v) is 7.83. The average molecular weight is 336 g/mol. The maximum Gasteiger partial charge on any atom is 0.260 e. The van der Waals surface area contributed by atoms with E-state index < -0.39 is 0 Å². The van der Waals surface area contributed by atoms with Crippen LogP contribution in [0.15, 0.2) is 24.3 Å². The van der Waals surface area contributed by atoms with Gasteiger partial charge in [0.1, 0.15) is 5.69 Å². The number of hydrogen-bond donors (Lipinski definition) is 0. The summed E-state index contributed by atoms with van der Waals surface area (Å²) in [5.74, 6) is 0.587. The van der Waals surface area contributed by atoms with E-state index in [2.05, 4.69) is 5.10 Å². The molecule has 1 heterocycles. The smallest absolute Gasteiger partial charge is 0.260 e. The van der Waals surface area contributed by atoms with E-state index in [4.69, 9.17) is 16.3 Å². The summed E-state index contributed by atoms with van der Waals surface area (Å²) in [6.07, 6.45) is 0. The van der Waals surface area contributed by atoms with Crippen LogP contribution in [0.1, 0.15) is 29.9 Å². The number of hydrogen-bond acceptors (Lipinski definition) is 3. The van der Waals surface area contributed by atoms with Gasteiger partial charge in [-0.25, -0.2) is 0 Å². The van der Waals surface area contributed by atoms with Crippen molar-refractivity contribution in [2.75, 3.05) is 13.7 Å². The molecule has 0 saturated carbocycles. The highest BCUT2D eigenvalue weighted by Crippen LogP contribution is 2.23. The van der Waals surface area contributed by atoms with Gasteiger partial charge in [0.2, 0.25) is 0 Å². The second kappa shape index (κ2) is 7.04. The Morgan fingerprint density at radius 1 is 1.35 bits per heavy atom. The van der Waals surface area contributed by atoms with Gasteiger partial charge in [0.25, 0.3) is 5.91 Å². The molecule has 0 unspecified atom stereocenters. The Bertz CT molecular complexity index is 695. The normalized spacial score (nSPS) is 12.1. The number of carbonyl (C=O) groups excluding carboxylic acids is 1. The van der Waals surface area contributed by atoms with Crippen LogP contribution in [0, 0.1) is 13.8 Å². The van der Waals surface area contributed by atoms with Crippen LogP contribution in [-0.4, -0.2) is 34.2 Å². The van der Waals surface area contributed by atoms with Crippen LogP contribution in [0.4, 0.5) is 0 Å². The summed E-state index contributed by atoms with van der Waals surface area (Å²) in [7, 11) is 3.62. The van der Waals surface area contributed by atoms with Crippen molar-refractivity contribution in [2.24, 2.45) is 7.05 Å². The number of aromatic nitrogens is 2. The van der Waals surface area contributed by atoms with Gasteiger partial charge in [-0.15, -0.1) is 0 Å².